The zero-order valence-corrected chi connectivity index (χ0v) is 16.8. The van der Waals surface area contributed by atoms with Crippen molar-refractivity contribution in [2.75, 3.05) is 25.1 Å². The third kappa shape index (κ3) is 3.46. The lowest BCUT2D eigenvalue weighted by Gasteiger charge is -2.26. The van der Waals surface area contributed by atoms with Gasteiger partial charge in [-0.1, -0.05) is 48.5 Å². The molecule has 0 aromatic heterocycles. The quantitative estimate of drug-likeness (QED) is 0.703. The molecule has 0 unspecified atom stereocenters. The molecule has 0 aliphatic carbocycles. The largest absolute Gasteiger partial charge is 0.381 e. The van der Waals surface area contributed by atoms with Crippen LogP contribution in [0, 0.1) is 5.92 Å². The standard InChI is InChI=1S/C25H24N2O3/c28-24(21-9-3-6-18-5-1-2-8-20(18)21)26-22-10-4-7-19-16-27(25(29)23(19)22)15-17-11-13-30-14-12-17/h1-10,17H,11-16H2,(H,26,28). The van der Waals surface area contributed by atoms with Gasteiger partial charge in [-0.3, -0.25) is 9.59 Å². The third-order valence-corrected chi connectivity index (χ3v) is 6.11. The summed E-state index contributed by atoms with van der Waals surface area (Å²) in [5.41, 5.74) is 2.79. The summed E-state index contributed by atoms with van der Waals surface area (Å²) in [4.78, 5) is 28.2. The van der Waals surface area contributed by atoms with Gasteiger partial charge in [0.05, 0.1) is 11.3 Å². The molecule has 0 saturated carbocycles. The second kappa shape index (κ2) is 7.92. The topological polar surface area (TPSA) is 58.6 Å². The highest BCUT2D eigenvalue weighted by Crippen LogP contribution is 2.31. The Bertz CT molecular complexity index is 1110. The van der Waals surface area contributed by atoms with Crippen molar-refractivity contribution in [2.24, 2.45) is 5.92 Å². The molecule has 30 heavy (non-hydrogen) atoms. The number of nitrogens with zero attached hydrogens (tertiary/aromatic N) is 1. The zero-order chi connectivity index (χ0) is 20.5. The number of amides is 2. The molecule has 0 atom stereocenters. The van der Waals surface area contributed by atoms with E-state index in [1.165, 1.54) is 0 Å². The van der Waals surface area contributed by atoms with Crippen molar-refractivity contribution in [2.45, 2.75) is 19.4 Å². The minimum atomic E-state index is -0.198. The molecule has 5 rings (SSSR count). The van der Waals surface area contributed by atoms with E-state index in [1.807, 2.05) is 65.6 Å². The van der Waals surface area contributed by atoms with Gasteiger partial charge in [0.25, 0.3) is 11.8 Å². The summed E-state index contributed by atoms with van der Waals surface area (Å²) in [6.45, 7) is 2.88. The number of rotatable bonds is 4. The fourth-order valence-corrected chi connectivity index (χ4v) is 4.53. The van der Waals surface area contributed by atoms with Crippen LogP contribution < -0.4 is 5.32 Å². The highest BCUT2D eigenvalue weighted by molar-refractivity contribution is 6.15. The number of fused-ring (bicyclic) bond motifs is 2. The lowest BCUT2D eigenvalue weighted by atomic mass is 10.00. The van der Waals surface area contributed by atoms with Gasteiger partial charge in [-0.05, 0) is 47.2 Å². The van der Waals surface area contributed by atoms with Gasteiger partial charge in [-0.25, -0.2) is 0 Å². The monoisotopic (exact) mass is 400 g/mol. The normalized spacial score (nSPS) is 16.7. The Balaban J connectivity index is 1.39. The molecule has 2 heterocycles. The highest BCUT2D eigenvalue weighted by atomic mass is 16.5. The highest BCUT2D eigenvalue weighted by Gasteiger charge is 2.32. The van der Waals surface area contributed by atoms with E-state index in [0.717, 1.165) is 48.9 Å². The van der Waals surface area contributed by atoms with Crippen molar-refractivity contribution in [1.82, 2.24) is 4.90 Å². The number of carbonyl (C=O) groups excluding carboxylic acids is 2. The molecule has 5 nitrogen and oxygen atoms in total. The van der Waals surface area contributed by atoms with Crippen LogP contribution in [0.4, 0.5) is 5.69 Å². The minimum Gasteiger partial charge on any atom is -0.381 e. The van der Waals surface area contributed by atoms with Crippen LogP contribution in [0.15, 0.2) is 60.7 Å². The molecule has 0 bridgehead atoms. The molecule has 1 saturated heterocycles. The van der Waals surface area contributed by atoms with Gasteiger partial charge in [0.15, 0.2) is 0 Å². The van der Waals surface area contributed by atoms with Crippen molar-refractivity contribution < 1.29 is 14.3 Å². The first-order chi connectivity index (χ1) is 14.7. The minimum absolute atomic E-state index is 0.00492. The number of anilines is 1. The third-order valence-electron chi connectivity index (χ3n) is 6.11. The summed E-state index contributed by atoms with van der Waals surface area (Å²) < 4.78 is 5.44. The van der Waals surface area contributed by atoms with Gasteiger partial charge >= 0.3 is 0 Å². The van der Waals surface area contributed by atoms with Crippen LogP contribution in [0.2, 0.25) is 0 Å². The van der Waals surface area contributed by atoms with Gasteiger partial charge in [-0.15, -0.1) is 0 Å². The number of hydrogen-bond donors (Lipinski definition) is 1. The Morgan fingerprint density at radius 1 is 1.00 bits per heavy atom. The van der Waals surface area contributed by atoms with Crippen LogP contribution in [0.25, 0.3) is 10.8 Å². The predicted molar refractivity (Wildman–Crippen MR) is 117 cm³/mol. The van der Waals surface area contributed by atoms with E-state index in [2.05, 4.69) is 5.32 Å². The van der Waals surface area contributed by atoms with Crippen molar-refractivity contribution in [3.05, 3.63) is 77.4 Å². The van der Waals surface area contributed by atoms with E-state index in [0.29, 0.717) is 29.3 Å². The Kier molecular flexibility index (Phi) is 4.97. The van der Waals surface area contributed by atoms with Crippen molar-refractivity contribution >= 4 is 28.3 Å². The maximum Gasteiger partial charge on any atom is 0.256 e. The summed E-state index contributed by atoms with van der Waals surface area (Å²) in [5.74, 6) is 0.284. The van der Waals surface area contributed by atoms with Crippen molar-refractivity contribution in [3.8, 4) is 0 Å². The second-order valence-corrected chi connectivity index (χ2v) is 8.06. The van der Waals surface area contributed by atoms with Gasteiger partial charge in [0.1, 0.15) is 0 Å². The Labute approximate surface area is 175 Å². The number of hydrogen-bond acceptors (Lipinski definition) is 3. The van der Waals surface area contributed by atoms with Gasteiger partial charge in [0, 0.05) is 31.9 Å². The molecule has 2 aliphatic rings. The van der Waals surface area contributed by atoms with Crippen LogP contribution in [0.1, 0.15) is 39.1 Å². The number of benzene rings is 3. The lowest BCUT2D eigenvalue weighted by Crippen LogP contribution is -2.32. The van der Waals surface area contributed by atoms with E-state index < -0.39 is 0 Å². The average Bonchev–Trinajstić information content (AvgIpc) is 3.10. The SMILES string of the molecule is O=C(Nc1cccc2c1C(=O)N(CC1CCOCC1)C2)c1cccc2ccccc12. The lowest BCUT2D eigenvalue weighted by molar-refractivity contribution is 0.0469. The number of nitrogens with one attached hydrogen (secondary N) is 1. The first kappa shape index (κ1) is 18.8. The Hall–Kier alpha value is -3.18. The van der Waals surface area contributed by atoms with E-state index in [1.54, 1.807) is 0 Å². The molecule has 0 radical (unpaired) electrons. The first-order valence-corrected chi connectivity index (χ1v) is 10.5. The van der Waals surface area contributed by atoms with Crippen LogP contribution in [0.5, 0.6) is 0 Å². The Morgan fingerprint density at radius 2 is 1.77 bits per heavy atom. The average molecular weight is 400 g/mol. The maximum absolute atomic E-state index is 13.2. The first-order valence-electron chi connectivity index (χ1n) is 10.5. The molecule has 5 heteroatoms. The summed E-state index contributed by atoms with van der Waals surface area (Å²) in [6, 6.07) is 19.2. The van der Waals surface area contributed by atoms with Gasteiger partial charge in [0.2, 0.25) is 0 Å². The predicted octanol–water partition coefficient (Wildman–Crippen LogP) is 4.47. The van der Waals surface area contributed by atoms with E-state index >= 15 is 0 Å². The summed E-state index contributed by atoms with van der Waals surface area (Å²) in [5, 5.41) is 4.92. The molecule has 1 fully saturated rings. The van der Waals surface area contributed by atoms with E-state index in [-0.39, 0.29) is 11.8 Å². The summed E-state index contributed by atoms with van der Waals surface area (Å²) >= 11 is 0. The zero-order valence-electron chi connectivity index (χ0n) is 16.8. The molecule has 1 N–H and O–H groups in total. The van der Waals surface area contributed by atoms with Crippen molar-refractivity contribution in [1.29, 1.82) is 0 Å². The number of ether oxygens (including phenoxy) is 1. The summed E-state index contributed by atoms with van der Waals surface area (Å²) in [6.07, 6.45) is 1.98. The molecule has 3 aromatic rings. The summed E-state index contributed by atoms with van der Waals surface area (Å²) in [7, 11) is 0. The molecule has 2 amide bonds. The van der Waals surface area contributed by atoms with Crippen LogP contribution in [-0.4, -0.2) is 36.5 Å². The molecular weight excluding hydrogens is 376 g/mol. The Morgan fingerprint density at radius 3 is 2.63 bits per heavy atom. The van der Waals surface area contributed by atoms with Crippen LogP contribution in [0.3, 0.4) is 0 Å². The van der Waals surface area contributed by atoms with Crippen LogP contribution >= 0.6 is 0 Å². The second-order valence-electron chi connectivity index (χ2n) is 8.06. The molecule has 0 spiro atoms. The molecule has 2 aliphatic heterocycles. The van der Waals surface area contributed by atoms with Gasteiger partial charge < -0.3 is 15.0 Å². The fourth-order valence-electron chi connectivity index (χ4n) is 4.53. The smallest absolute Gasteiger partial charge is 0.256 e. The maximum atomic E-state index is 13.2. The van der Waals surface area contributed by atoms with Crippen molar-refractivity contribution in [3.63, 3.8) is 0 Å². The molecule has 3 aromatic carbocycles. The van der Waals surface area contributed by atoms with E-state index in [9.17, 15) is 9.59 Å². The number of carbonyl (C=O) groups is 2. The van der Waals surface area contributed by atoms with Gasteiger partial charge in [-0.2, -0.15) is 0 Å². The molecular formula is C25H24N2O3. The fraction of sp³-hybridized carbons (Fsp3) is 0.280. The van der Waals surface area contributed by atoms with Crippen LogP contribution in [-0.2, 0) is 11.3 Å². The molecule has 152 valence electrons. The van der Waals surface area contributed by atoms with E-state index in [4.69, 9.17) is 4.74 Å².